The lowest BCUT2D eigenvalue weighted by Gasteiger charge is -2.10. The van der Waals surface area contributed by atoms with Crippen molar-refractivity contribution in [2.75, 3.05) is 6.61 Å². The summed E-state index contributed by atoms with van der Waals surface area (Å²) in [6.45, 7) is 0.756. The Balaban J connectivity index is 1.91. The van der Waals surface area contributed by atoms with Gasteiger partial charge in [0.05, 0.1) is 24.3 Å². The number of nitriles is 1. The van der Waals surface area contributed by atoms with Gasteiger partial charge in [-0.25, -0.2) is 0 Å². The van der Waals surface area contributed by atoms with Crippen molar-refractivity contribution in [1.29, 1.82) is 5.26 Å². The van der Waals surface area contributed by atoms with Gasteiger partial charge in [0.25, 0.3) is 0 Å². The van der Waals surface area contributed by atoms with Crippen LogP contribution in [0.15, 0.2) is 48.5 Å². The van der Waals surface area contributed by atoms with Gasteiger partial charge in [-0.05, 0) is 41.3 Å². The molecule has 1 fully saturated rings. The summed E-state index contributed by atoms with van der Waals surface area (Å²) in [5.41, 5.74) is 7.24. The molecule has 2 aromatic rings. The Hall–Kier alpha value is -2.15. The molecule has 2 aromatic carbocycles. The third kappa shape index (κ3) is 2.50. The zero-order valence-corrected chi connectivity index (χ0v) is 10.5. The molecular weight excluding hydrogens is 236 g/mol. The summed E-state index contributed by atoms with van der Waals surface area (Å²) in [6.07, 6.45) is 0.997. The highest BCUT2D eigenvalue weighted by Crippen LogP contribution is 2.26. The highest BCUT2D eigenvalue weighted by Gasteiger charge is 2.17. The molecule has 3 heteroatoms. The van der Waals surface area contributed by atoms with Gasteiger partial charge in [-0.15, -0.1) is 0 Å². The van der Waals surface area contributed by atoms with Gasteiger partial charge in [0.15, 0.2) is 0 Å². The third-order valence-electron chi connectivity index (χ3n) is 3.37. The molecule has 0 spiro atoms. The maximum absolute atomic E-state index is 8.81. The van der Waals surface area contributed by atoms with Crippen LogP contribution in [0, 0.1) is 11.3 Å². The Labute approximate surface area is 112 Å². The minimum Gasteiger partial charge on any atom is -0.301 e. The summed E-state index contributed by atoms with van der Waals surface area (Å²) in [7, 11) is 0. The van der Waals surface area contributed by atoms with Gasteiger partial charge >= 0.3 is 0 Å². The van der Waals surface area contributed by atoms with Crippen molar-refractivity contribution < 1.29 is 4.84 Å². The van der Waals surface area contributed by atoms with E-state index in [-0.39, 0.29) is 6.04 Å². The molecule has 1 saturated heterocycles. The molecule has 0 amide bonds. The van der Waals surface area contributed by atoms with Gasteiger partial charge in [-0.1, -0.05) is 30.3 Å². The number of rotatable bonds is 2. The van der Waals surface area contributed by atoms with Crippen LogP contribution in [-0.2, 0) is 4.84 Å². The van der Waals surface area contributed by atoms with Crippen molar-refractivity contribution >= 4 is 0 Å². The van der Waals surface area contributed by atoms with Crippen molar-refractivity contribution in [2.24, 2.45) is 0 Å². The zero-order valence-electron chi connectivity index (χ0n) is 10.5. The van der Waals surface area contributed by atoms with E-state index >= 15 is 0 Å². The van der Waals surface area contributed by atoms with Gasteiger partial charge in [-0.3, -0.25) is 0 Å². The lowest BCUT2D eigenvalue weighted by Crippen LogP contribution is -2.11. The fourth-order valence-corrected chi connectivity index (χ4v) is 2.30. The SMILES string of the molecule is N#Cc1ccc(-c2cccc(C3CCON3)c2)cc1. The first kappa shape index (κ1) is 11.9. The molecule has 0 radical (unpaired) electrons. The highest BCUT2D eigenvalue weighted by molar-refractivity contribution is 5.65. The Morgan fingerprint density at radius 1 is 1.11 bits per heavy atom. The Morgan fingerprint density at radius 2 is 1.95 bits per heavy atom. The topological polar surface area (TPSA) is 45.0 Å². The van der Waals surface area contributed by atoms with E-state index in [9.17, 15) is 0 Å². The summed E-state index contributed by atoms with van der Waals surface area (Å²) < 4.78 is 0. The summed E-state index contributed by atoms with van der Waals surface area (Å²) in [6, 6.07) is 18.5. The van der Waals surface area contributed by atoms with E-state index in [4.69, 9.17) is 10.1 Å². The first-order valence-electron chi connectivity index (χ1n) is 6.34. The van der Waals surface area contributed by atoms with Gasteiger partial charge < -0.3 is 4.84 Å². The lowest BCUT2D eigenvalue weighted by atomic mass is 9.98. The number of hydrogen-bond acceptors (Lipinski definition) is 3. The van der Waals surface area contributed by atoms with Gasteiger partial charge in [0.1, 0.15) is 0 Å². The van der Waals surface area contributed by atoms with Crippen LogP contribution >= 0.6 is 0 Å². The predicted octanol–water partition coefficient (Wildman–Crippen LogP) is 3.19. The molecule has 0 aromatic heterocycles. The molecule has 1 aliphatic rings. The number of nitrogens with one attached hydrogen (secondary N) is 1. The number of hydrogen-bond donors (Lipinski definition) is 1. The zero-order chi connectivity index (χ0) is 13.1. The molecular formula is C16H14N2O. The second kappa shape index (κ2) is 5.23. The van der Waals surface area contributed by atoms with E-state index < -0.39 is 0 Å². The van der Waals surface area contributed by atoms with Gasteiger partial charge in [-0.2, -0.15) is 10.7 Å². The Kier molecular flexibility index (Phi) is 3.28. The quantitative estimate of drug-likeness (QED) is 0.890. The van der Waals surface area contributed by atoms with Crippen LogP contribution < -0.4 is 5.48 Å². The first-order chi connectivity index (χ1) is 9.36. The van der Waals surface area contributed by atoms with E-state index in [0.717, 1.165) is 24.2 Å². The van der Waals surface area contributed by atoms with Crippen LogP contribution in [0.5, 0.6) is 0 Å². The normalized spacial score (nSPS) is 18.2. The maximum Gasteiger partial charge on any atom is 0.0991 e. The average Bonchev–Trinajstić information content (AvgIpc) is 3.02. The summed E-state index contributed by atoms with van der Waals surface area (Å²) in [5.74, 6) is 0. The number of nitrogens with zero attached hydrogens (tertiary/aromatic N) is 1. The average molecular weight is 250 g/mol. The molecule has 0 aliphatic carbocycles. The Morgan fingerprint density at radius 3 is 2.63 bits per heavy atom. The second-order valence-corrected chi connectivity index (χ2v) is 4.62. The van der Waals surface area contributed by atoms with E-state index in [1.165, 1.54) is 5.56 Å². The van der Waals surface area contributed by atoms with E-state index in [2.05, 4.69) is 35.8 Å². The van der Waals surface area contributed by atoms with E-state index in [0.29, 0.717) is 5.56 Å². The third-order valence-corrected chi connectivity index (χ3v) is 3.37. The first-order valence-corrected chi connectivity index (χ1v) is 6.34. The molecule has 19 heavy (non-hydrogen) atoms. The van der Waals surface area contributed by atoms with Crippen molar-refractivity contribution in [3.8, 4) is 17.2 Å². The molecule has 1 atom stereocenters. The standard InChI is InChI=1S/C16H14N2O/c17-11-12-4-6-13(7-5-12)14-2-1-3-15(10-14)16-8-9-19-18-16/h1-7,10,16,18H,8-9H2. The maximum atomic E-state index is 8.81. The second-order valence-electron chi connectivity index (χ2n) is 4.62. The van der Waals surface area contributed by atoms with E-state index in [1.807, 2.05) is 24.3 Å². The molecule has 1 heterocycles. The van der Waals surface area contributed by atoms with Crippen molar-refractivity contribution in [3.05, 3.63) is 59.7 Å². The molecule has 1 unspecified atom stereocenters. The summed E-state index contributed by atoms with van der Waals surface area (Å²) in [4.78, 5) is 5.20. The Bertz CT molecular complexity index is 607. The lowest BCUT2D eigenvalue weighted by molar-refractivity contribution is 0.0883. The number of benzene rings is 2. The predicted molar refractivity (Wildman–Crippen MR) is 73.0 cm³/mol. The van der Waals surface area contributed by atoms with Crippen LogP contribution in [-0.4, -0.2) is 6.61 Å². The molecule has 1 N–H and O–H groups in total. The van der Waals surface area contributed by atoms with Crippen LogP contribution in [0.2, 0.25) is 0 Å². The van der Waals surface area contributed by atoms with Crippen LogP contribution in [0.4, 0.5) is 0 Å². The monoisotopic (exact) mass is 250 g/mol. The van der Waals surface area contributed by atoms with Crippen LogP contribution in [0.3, 0.4) is 0 Å². The van der Waals surface area contributed by atoms with Crippen molar-refractivity contribution in [2.45, 2.75) is 12.5 Å². The van der Waals surface area contributed by atoms with Gasteiger partial charge in [0, 0.05) is 0 Å². The van der Waals surface area contributed by atoms with Gasteiger partial charge in [0.2, 0.25) is 0 Å². The summed E-state index contributed by atoms with van der Waals surface area (Å²) >= 11 is 0. The van der Waals surface area contributed by atoms with Crippen molar-refractivity contribution in [1.82, 2.24) is 5.48 Å². The van der Waals surface area contributed by atoms with E-state index in [1.54, 1.807) is 0 Å². The fraction of sp³-hybridized carbons (Fsp3) is 0.188. The molecule has 3 rings (SSSR count). The van der Waals surface area contributed by atoms with Crippen LogP contribution in [0.1, 0.15) is 23.6 Å². The molecule has 3 nitrogen and oxygen atoms in total. The largest absolute Gasteiger partial charge is 0.301 e. The number of hydroxylamine groups is 1. The highest BCUT2D eigenvalue weighted by atomic mass is 16.7. The van der Waals surface area contributed by atoms with Crippen LogP contribution in [0.25, 0.3) is 11.1 Å². The molecule has 0 saturated carbocycles. The van der Waals surface area contributed by atoms with Crippen molar-refractivity contribution in [3.63, 3.8) is 0 Å². The molecule has 0 bridgehead atoms. The smallest absolute Gasteiger partial charge is 0.0991 e. The molecule has 94 valence electrons. The summed E-state index contributed by atoms with van der Waals surface area (Å²) in [5, 5.41) is 8.81. The fourth-order valence-electron chi connectivity index (χ4n) is 2.30. The minimum atomic E-state index is 0.276. The minimum absolute atomic E-state index is 0.276. The molecule has 1 aliphatic heterocycles.